The number of H-pyrrole nitrogens is 1. The molecule has 1 aliphatic heterocycles. The number of ether oxygens (including phenoxy) is 2. The molecule has 0 amide bonds. The highest BCUT2D eigenvalue weighted by Gasteiger charge is 2.32. The van der Waals surface area contributed by atoms with Gasteiger partial charge in [0.1, 0.15) is 17.7 Å². The van der Waals surface area contributed by atoms with E-state index in [1.54, 1.807) is 24.4 Å². The van der Waals surface area contributed by atoms with Gasteiger partial charge in [-0.15, -0.1) is 0 Å². The molecule has 1 aliphatic rings. The van der Waals surface area contributed by atoms with Crippen molar-refractivity contribution in [1.82, 2.24) is 14.3 Å². The molecular formula is C15H19N3O4S. The SMILES string of the molecule is COc1cccc(S(=O)(=O)N2CCO[C@@H](c3ncc(C)[nH]3)C2)c1. The molecule has 2 heterocycles. The van der Waals surface area contributed by atoms with Crippen LogP contribution >= 0.6 is 0 Å². The fraction of sp³-hybridized carbons (Fsp3) is 0.400. The second-order valence-corrected chi connectivity index (χ2v) is 7.29. The molecule has 0 unspecified atom stereocenters. The van der Waals surface area contributed by atoms with Crippen molar-refractivity contribution >= 4 is 10.0 Å². The van der Waals surface area contributed by atoms with Crippen LogP contribution in [0.4, 0.5) is 0 Å². The zero-order valence-electron chi connectivity index (χ0n) is 13.0. The predicted molar refractivity (Wildman–Crippen MR) is 83.8 cm³/mol. The van der Waals surface area contributed by atoms with Crippen LogP contribution in [0.1, 0.15) is 17.6 Å². The van der Waals surface area contributed by atoms with Crippen molar-refractivity contribution in [3.8, 4) is 5.75 Å². The van der Waals surface area contributed by atoms with E-state index >= 15 is 0 Å². The monoisotopic (exact) mass is 337 g/mol. The summed E-state index contributed by atoms with van der Waals surface area (Å²) in [5.74, 6) is 1.16. The van der Waals surface area contributed by atoms with Crippen molar-refractivity contribution in [3.05, 3.63) is 42.0 Å². The minimum atomic E-state index is -3.60. The zero-order valence-corrected chi connectivity index (χ0v) is 13.8. The summed E-state index contributed by atoms with van der Waals surface area (Å²) in [6, 6.07) is 6.47. The minimum Gasteiger partial charge on any atom is -0.497 e. The van der Waals surface area contributed by atoms with Crippen LogP contribution in [-0.4, -0.2) is 49.5 Å². The smallest absolute Gasteiger partial charge is 0.243 e. The van der Waals surface area contributed by atoms with E-state index < -0.39 is 16.1 Å². The van der Waals surface area contributed by atoms with Crippen molar-refractivity contribution < 1.29 is 17.9 Å². The van der Waals surface area contributed by atoms with Gasteiger partial charge in [0.05, 0.1) is 18.6 Å². The number of aromatic nitrogens is 2. The van der Waals surface area contributed by atoms with E-state index in [9.17, 15) is 8.42 Å². The third-order valence-electron chi connectivity index (χ3n) is 3.74. The van der Waals surface area contributed by atoms with Crippen LogP contribution in [0.3, 0.4) is 0 Å². The summed E-state index contributed by atoms with van der Waals surface area (Å²) in [5.41, 5.74) is 0.913. The fourth-order valence-electron chi connectivity index (χ4n) is 2.52. The van der Waals surface area contributed by atoms with Gasteiger partial charge < -0.3 is 14.5 Å². The number of nitrogens with zero attached hydrogens (tertiary/aromatic N) is 2. The molecule has 23 heavy (non-hydrogen) atoms. The van der Waals surface area contributed by atoms with Crippen LogP contribution in [0.25, 0.3) is 0 Å². The Labute approximate surface area is 135 Å². The molecule has 0 bridgehead atoms. The van der Waals surface area contributed by atoms with Crippen molar-refractivity contribution in [2.45, 2.75) is 17.9 Å². The number of hydrogen-bond acceptors (Lipinski definition) is 5. The maximum atomic E-state index is 12.8. The number of methoxy groups -OCH3 is 1. The molecule has 0 radical (unpaired) electrons. The van der Waals surface area contributed by atoms with Gasteiger partial charge in [0.2, 0.25) is 10.0 Å². The van der Waals surface area contributed by atoms with E-state index in [0.29, 0.717) is 24.7 Å². The van der Waals surface area contributed by atoms with Crippen molar-refractivity contribution in [3.63, 3.8) is 0 Å². The van der Waals surface area contributed by atoms with Gasteiger partial charge in [-0.2, -0.15) is 4.31 Å². The molecule has 1 aromatic heterocycles. The Morgan fingerprint density at radius 3 is 2.96 bits per heavy atom. The number of hydrogen-bond donors (Lipinski definition) is 1. The van der Waals surface area contributed by atoms with E-state index in [0.717, 1.165) is 5.69 Å². The molecule has 1 fully saturated rings. The topological polar surface area (TPSA) is 84.5 Å². The number of aryl methyl sites for hydroxylation is 1. The average molecular weight is 337 g/mol. The second-order valence-electron chi connectivity index (χ2n) is 5.35. The molecule has 2 aromatic rings. The van der Waals surface area contributed by atoms with Crippen LogP contribution in [0.2, 0.25) is 0 Å². The van der Waals surface area contributed by atoms with Gasteiger partial charge in [0.15, 0.2) is 0 Å². The van der Waals surface area contributed by atoms with Gasteiger partial charge in [0.25, 0.3) is 0 Å². The molecule has 1 atom stereocenters. The van der Waals surface area contributed by atoms with Crippen LogP contribution in [0.15, 0.2) is 35.4 Å². The molecule has 8 heteroatoms. The predicted octanol–water partition coefficient (Wildman–Crippen LogP) is 1.49. The number of nitrogens with one attached hydrogen (secondary N) is 1. The molecule has 3 rings (SSSR count). The summed E-state index contributed by atoms with van der Waals surface area (Å²) >= 11 is 0. The Balaban J connectivity index is 1.84. The summed E-state index contributed by atoms with van der Waals surface area (Å²) in [7, 11) is -2.09. The lowest BCUT2D eigenvalue weighted by Gasteiger charge is -2.31. The van der Waals surface area contributed by atoms with Gasteiger partial charge in [-0.1, -0.05) is 6.07 Å². The number of sulfonamides is 1. The zero-order chi connectivity index (χ0) is 16.4. The molecule has 1 saturated heterocycles. The average Bonchev–Trinajstić information content (AvgIpc) is 3.01. The quantitative estimate of drug-likeness (QED) is 0.914. The number of benzene rings is 1. The number of aromatic amines is 1. The Bertz CT molecular complexity index is 788. The fourth-order valence-corrected chi connectivity index (χ4v) is 3.98. The second kappa shape index (κ2) is 6.31. The molecule has 0 saturated carbocycles. The molecule has 0 spiro atoms. The van der Waals surface area contributed by atoms with E-state index in [4.69, 9.17) is 9.47 Å². The van der Waals surface area contributed by atoms with E-state index in [-0.39, 0.29) is 11.4 Å². The third-order valence-corrected chi connectivity index (χ3v) is 5.60. The van der Waals surface area contributed by atoms with Crippen molar-refractivity contribution in [1.29, 1.82) is 0 Å². The highest BCUT2D eigenvalue weighted by atomic mass is 32.2. The van der Waals surface area contributed by atoms with E-state index in [2.05, 4.69) is 9.97 Å². The molecular weight excluding hydrogens is 318 g/mol. The largest absolute Gasteiger partial charge is 0.497 e. The molecule has 1 aromatic carbocycles. The summed E-state index contributed by atoms with van der Waals surface area (Å²) in [5, 5.41) is 0. The Morgan fingerprint density at radius 2 is 2.26 bits per heavy atom. The standard InChI is InChI=1S/C15H19N3O4S/c1-11-9-16-15(17-11)14-10-18(6-7-22-14)23(19,20)13-5-3-4-12(8-13)21-2/h3-5,8-9,14H,6-7,10H2,1-2H3,(H,16,17)/t14-/m1/s1. The first-order chi connectivity index (χ1) is 11.0. The van der Waals surface area contributed by atoms with Crippen molar-refractivity contribution in [2.75, 3.05) is 26.8 Å². The van der Waals surface area contributed by atoms with Crippen LogP contribution in [0, 0.1) is 6.92 Å². The van der Waals surface area contributed by atoms with E-state index in [1.807, 2.05) is 6.92 Å². The number of morpholine rings is 1. The van der Waals surface area contributed by atoms with Crippen LogP contribution in [-0.2, 0) is 14.8 Å². The van der Waals surface area contributed by atoms with Gasteiger partial charge in [0, 0.05) is 31.0 Å². The molecule has 0 aliphatic carbocycles. The Kier molecular flexibility index (Phi) is 4.38. The highest BCUT2D eigenvalue weighted by Crippen LogP contribution is 2.26. The van der Waals surface area contributed by atoms with Gasteiger partial charge in [-0.25, -0.2) is 13.4 Å². The molecule has 1 N–H and O–H groups in total. The minimum absolute atomic E-state index is 0.216. The van der Waals surface area contributed by atoms with E-state index in [1.165, 1.54) is 17.5 Å². The van der Waals surface area contributed by atoms with Gasteiger partial charge in [-0.3, -0.25) is 0 Å². The van der Waals surface area contributed by atoms with Gasteiger partial charge in [-0.05, 0) is 19.1 Å². The summed E-state index contributed by atoms with van der Waals surface area (Å²) in [6.45, 7) is 2.76. The first kappa shape index (κ1) is 16.0. The highest BCUT2D eigenvalue weighted by molar-refractivity contribution is 7.89. The van der Waals surface area contributed by atoms with Crippen LogP contribution < -0.4 is 4.74 Å². The first-order valence-electron chi connectivity index (χ1n) is 7.28. The summed E-state index contributed by atoms with van der Waals surface area (Å²) < 4.78 is 37.8. The van der Waals surface area contributed by atoms with Crippen molar-refractivity contribution in [2.24, 2.45) is 0 Å². The molecule has 124 valence electrons. The van der Waals surface area contributed by atoms with Crippen LogP contribution in [0.5, 0.6) is 5.75 Å². The lowest BCUT2D eigenvalue weighted by Crippen LogP contribution is -2.42. The van der Waals surface area contributed by atoms with Gasteiger partial charge >= 0.3 is 0 Å². The maximum Gasteiger partial charge on any atom is 0.243 e. The first-order valence-corrected chi connectivity index (χ1v) is 8.72. The number of rotatable bonds is 4. The summed E-state index contributed by atoms with van der Waals surface area (Å²) in [4.78, 5) is 7.55. The Hall–Kier alpha value is -1.90. The maximum absolute atomic E-state index is 12.8. The summed E-state index contributed by atoms with van der Waals surface area (Å²) in [6.07, 6.45) is 1.31. The number of imidazole rings is 1. The Morgan fingerprint density at radius 1 is 1.43 bits per heavy atom. The lowest BCUT2D eigenvalue weighted by atomic mass is 10.3. The third kappa shape index (κ3) is 3.24. The lowest BCUT2D eigenvalue weighted by molar-refractivity contribution is -0.00711. The molecule has 7 nitrogen and oxygen atoms in total. The normalized spacial score (nSPS) is 19.7.